The van der Waals surface area contributed by atoms with Gasteiger partial charge in [-0.15, -0.1) is 5.10 Å². The van der Waals surface area contributed by atoms with E-state index in [-0.39, 0.29) is 23.4 Å². The molecule has 0 aliphatic heterocycles. The normalized spacial score (nSPS) is 15.8. The van der Waals surface area contributed by atoms with E-state index in [1.165, 1.54) is 22.9 Å². The van der Waals surface area contributed by atoms with Crippen molar-refractivity contribution in [1.29, 1.82) is 0 Å². The molecule has 1 atom stereocenters. The minimum absolute atomic E-state index is 0.0478. The molecule has 0 fully saturated rings. The Morgan fingerprint density at radius 2 is 1.96 bits per heavy atom. The average Bonchev–Trinajstić information content (AvgIpc) is 3.07. The quantitative estimate of drug-likeness (QED) is 0.630. The Hall–Kier alpha value is -2.80. The molecule has 1 amide bonds. The van der Waals surface area contributed by atoms with E-state index in [2.05, 4.69) is 27.6 Å². The van der Waals surface area contributed by atoms with Crippen molar-refractivity contribution >= 4 is 17.7 Å². The molecule has 6 nitrogen and oxygen atoms in total. The standard InChI is InChI=1S/C21H22N4O2S/c26-19(22-18-12-6-10-16-9-4-5-11-17(16)18)14-28-21-24-23-20(27)25(21)13-15-7-2-1-3-8-15/h1-5,7-9,11,18H,6,10,12-14H2,(H,22,26)(H,23,27). The summed E-state index contributed by atoms with van der Waals surface area (Å²) in [5.41, 5.74) is 3.27. The first-order valence-electron chi connectivity index (χ1n) is 9.40. The van der Waals surface area contributed by atoms with Gasteiger partial charge < -0.3 is 5.32 Å². The molecule has 1 aromatic heterocycles. The maximum atomic E-state index is 12.5. The van der Waals surface area contributed by atoms with Crippen LogP contribution >= 0.6 is 11.8 Å². The maximum Gasteiger partial charge on any atom is 0.344 e. The number of benzene rings is 2. The molecule has 28 heavy (non-hydrogen) atoms. The van der Waals surface area contributed by atoms with Crippen LogP contribution in [0.1, 0.15) is 35.6 Å². The summed E-state index contributed by atoms with van der Waals surface area (Å²) < 4.78 is 1.56. The van der Waals surface area contributed by atoms with Crippen LogP contribution in [0.3, 0.4) is 0 Å². The van der Waals surface area contributed by atoms with Crippen molar-refractivity contribution in [1.82, 2.24) is 20.1 Å². The van der Waals surface area contributed by atoms with E-state index in [1.807, 2.05) is 42.5 Å². The zero-order valence-electron chi connectivity index (χ0n) is 15.4. The van der Waals surface area contributed by atoms with Gasteiger partial charge in [0, 0.05) is 0 Å². The van der Waals surface area contributed by atoms with Crippen molar-refractivity contribution in [2.75, 3.05) is 5.75 Å². The second kappa shape index (κ2) is 8.48. The van der Waals surface area contributed by atoms with Crippen LogP contribution in [0.4, 0.5) is 0 Å². The van der Waals surface area contributed by atoms with Gasteiger partial charge in [-0.3, -0.25) is 9.36 Å². The number of nitrogens with one attached hydrogen (secondary N) is 2. The summed E-state index contributed by atoms with van der Waals surface area (Å²) in [5.74, 6) is 0.172. The van der Waals surface area contributed by atoms with Gasteiger partial charge in [0.25, 0.3) is 0 Å². The molecule has 144 valence electrons. The van der Waals surface area contributed by atoms with Crippen molar-refractivity contribution in [3.05, 3.63) is 81.8 Å². The predicted octanol–water partition coefficient (Wildman–Crippen LogP) is 2.91. The van der Waals surface area contributed by atoms with Gasteiger partial charge in [-0.25, -0.2) is 9.89 Å². The van der Waals surface area contributed by atoms with Crippen molar-refractivity contribution in [2.24, 2.45) is 0 Å². The Labute approximate surface area is 167 Å². The molecule has 2 N–H and O–H groups in total. The number of aryl methyl sites for hydroxylation is 1. The lowest BCUT2D eigenvalue weighted by atomic mass is 9.88. The second-order valence-electron chi connectivity index (χ2n) is 6.88. The van der Waals surface area contributed by atoms with E-state index in [1.54, 1.807) is 4.57 Å². The second-order valence-corrected chi connectivity index (χ2v) is 7.83. The molecule has 2 aromatic carbocycles. The summed E-state index contributed by atoms with van der Waals surface area (Å²) in [4.78, 5) is 24.6. The SMILES string of the molecule is O=C(CSc1n[nH]c(=O)n1Cc1ccccc1)NC1CCCc2ccccc21. The van der Waals surface area contributed by atoms with Gasteiger partial charge >= 0.3 is 5.69 Å². The van der Waals surface area contributed by atoms with Crippen LogP contribution in [0.15, 0.2) is 64.5 Å². The van der Waals surface area contributed by atoms with Gasteiger partial charge in [0.15, 0.2) is 5.16 Å². The molecule has 1 heterocycles. The largest absolute Gasteiger partial charge is 0.349 e. The molecular formula is C21H22N4O2S. The van der Waals surface area contributed by atoms with Crippen molar-refractivity contribution in [3.63, 3.8) is 0 Å². The van der Waals surface area contributed by atoms with Crippen molar-refractivity contribution < 1.29 is 4.79 Å². The van der Waals surface area contributed by atoms with Crippen molar-refractivity contribution in [3.8, 4) is 0 Å². The molecule has 7 heteroatoms. The highest BCUT2D eigenvalue weighted by molar-refractivity contribution is 7.99. The zero-order chi connectivity index (χ0) is 19.3. The topological polar surface area (TPSA) is 79.8 Å². The number of fused-ring (bicyclic) bond motifs is 1. The highest BCUT2D eigenvalue weighted by Gasteiger charge is 2.21. The lowest BCUT2D eigenvalue weighted by molar-refractivity contribution is -0.119. The number of carbonyl (C=O) groups excluding carboxylic acids is 1. The monoisotopic (exact) mass is 394 g/mol. The lowest BCUT2D eigenvalue weighted by Gasteiger charge is -2.26. The van der Waals surface area contributed by atoms with E-state index in [0.717, 1.165) is 24.8 Å². The molecule has 0 bridgehead atoms. The van der Waals surface area contributed by atoms with Crippen LogP contribution in [-0.4, -0.2) is 26.4 Å². The van der Waals surface area contributed by atoms with Crippen LogP contribution in [0, 0.1) is 0 Å². The van der Waals surface area contributed by atoms with Crippen LogP contribution in [0.2, 0.25) is 0 Å². The smallest absolute Gasteiger partial charge is 0.344 e. The Morgan fingerprint density at radius 1 is 1.18 bits per heavy atom. The van der Waals surface area contributed by atoms with Gasteiger partial charge in [-0.1, -0.05) is 66.4 Å². The Kier molecular flexibility index (Phi) is 5.62. The molecule has 0 radical (unpaired) electrons. The van der Waals surface area contributed by atoms with Crippen LogP contribution in [0.25, 0.3) is 0 Å². The van der Waals surface area contributed by atoms with E-state index in [0.29, 0.717) is 11.7 Å². The van der Waals surface area contributed by atoms with E-state index >= 15 is 0 Å². The minimum Gasteiger partial charge on any atom is -0.349 e. The molecule has 1 unspecified atom stereocenters. The first kappa shape index (κ1) is 18.6. The Balaban J connectivity index is 1.39. The van der Waals surface area contributed by atoms with E-state index < -0.39 is 0 Å². The first-order chi connectivity index (χ1) is 13.7. The molecule has 0 spiro atoms. The molecule has 0 saturated carbocycles. The molecule has 4 rings (SSSR count). The van der Waals surface area contributed by atoms with Gasteiger partial charge in [0.05, 0.1) is 18.3 Å². The summed E-state index contributed by atoms with van der Waals surface area (Å²) in [7, 11) is 0. The number of amides is 1. The molecule has 1 aliphatic rings. The summed E-state index contributed by atoms with van der Waals surface area (Å²) in [5, 5.41) is 10.2. The predicted molar refractivity (Wildman–Crippen MR) is 109 cm³/mol. The summed E-state index contributed by atoms with van der Waals surface area (Å²) in [6, 6.07) is 18.1. The Bertz CT molecular complexity index is 1010. The summed E-state index contributed by atoms with van der Waals surface area (Å²) in [6.07, 6.45) is 3.09. The number of hydrogen-bond donors (Lipinski definition) is 2. The molecule has 0 saturated heterocycles. The van der Waals surface area contributed by atoms with Crippen LogP contribution in [-0.2, 0) is 17.8 Å². The zero-order valence-corrected chi connectivity index (χ0v) is 16.2. The molecular weight excluding hydrogens is 372 g/mol. The fraction of sp³-hybridized carbons (Fsp3) is 0.286. The van der Waals surface area contributed by atoms with Gasteiger partial charge in [-0.05, 0) is 36.0 Å². The number of H-pyrrole nitrogens is 1. The van der Waals surface area contributed by atoms with Crippen molar-refractivity contribution in [2.45, 2.75) is 37.0 Å². The number of aromatic nitrogens is 3. The van der Waals surface area contributed by atoms with Gasteiger partial charge in [-0.2, -0.15) is 0 Å². The summed E-state index contributed by atoms with van der Waals surface area (Å²) >= 11 is 1.27. The fourth-order valence-electron chi connectivity index (χ4n) is 3.59. The third-order valence-electron chi connectivity index (χ3n) is 4.94. The highest BCUT2D eigenvalue weighted by atomic mass is 32.2. The van der Waals surface area contributed by atoms with E-state index in [4.69, 9.17) is 0 Å². The third kappa shape index (κ3) is 4.20. The lowest BCUT2D eigenvalue weighted by Crippen LogP contribution is -2.32. The van der Waals surface area contributed by atoms with Gasteiger partial charge in [0.2, 0.25) is 5.91 Å². The van der Waals surface area contributed by atoms with Crippen LogP contribution < -0.4 is 11.0 Å². The maximum absolute atomic E-state index is 12.5. The highest BCUT2D eigenvalue weighted by Crippen LogP contribution is 2.29. The average molecular weight is 395 g/mol. The number of thioether (sulfide) groups is 1. The minimum atomic E-state index is -0.270. The first-order valence-corrected chi connectivity index (χ1v) is 10.4. The number of carbonyl (C=O) groups is 1. The fourth-order valence-corrected chi connectivity index (χ4v) is 4.35. The third-order valence-corrected chi connectivity index (χ3v) is 5.92. The summed E-state index contributed by atoms with van der Waals surface area (Å²) in [6.45, 7) is 0.427. The number of rotatable bonds is 6. The van der Waals surface area contributed by atoms with Gasteiger partial charge in [0.1, 0.15) is 0 Å². The van der Waals surface area contributed by atoms with Crippen LogP contribution in [0.5, 0.6) is 0 Å². The number of aromatic amines is 1. The molecule has 1 aliphatic carbocycles. The Morgan fingerprint density at radius 3 is 2.82 bits per heavy atom. The number of nitrogens with zero attached hydrogens (tertiary/aromatic N) is 2. The number of hydrogen-bond acceptors (Lipinski definition) is 4. The van der Waals surface area contributed by atoms with E-state index in [9.17, 15) is 9.59 Å². The molecule has 3 aromatic rings.